The fourth-order valence-corrected chi connectivity index (χ4v) is 3.67. The molecule has 6 heteroatoms. The molecule has 5 nitrogen and oxygen atoms in total. The van der Waals surface area contributed by atoms with Gasteiger partial charge < -0.3 is 0 Å². The Morgan fingerprint density at radius 1 is 1.09 bits per heavy atom. The summed E-state index contributed by atoms with van der Waals surface area (Å²) in [5.41, 5.74) is 2.32. The van der Waals surface area contributed by atoms with Gasteiger partial charge in [0.25, 0.3) is 0 Å². The Labute approximate surface area is 128 Å². The Kier molecular flexibility index (Phi) is 3.54. The third kappa shape index (κ3) is 2.31. The highest BCUT2D eigenvalue weighted by molar-refractivity contribution is 8.00. The standard InChI is InChI=1S/C16H15N3O2S/c1-3-16(19-15-7-5-4-6-14(15)17-18-19)22(20,21)13-10-8-12(2)9-11-13/h3-11H,1-2H3/b16-3-. The van der Waals surface area contributed by atoms with Gasteiger partial charge in [-0.1, -0.05) is 35.0 Å². The number of fused-ring (bicyclic) bond motifs is 1. The van der Waals surface area contributed by atoms with Crippen molar-refractivity contribution in [3.05, 3.63) is 60.2 Å². The van der Waals surface area contributed by atoms with Gasteiger partial charge in [0.05, 0.1) is 10.4 Å². The van der Waals surface area contributed by atoms with Gasteiger partial charge in [0.15, 0.2) is 5.03 Å². The van der Waals surface area contributed by atoms with Crippen molar-refractivity contribution in [3.63, 3.8) is 0 Å². The average Bonchev–Trinajstić information content (AvgIpc) is 2.92. The van der Waals surface area contributed by atoms with Gasteiger partial charge in [-0.2, -0.15) is 0 Å². The van der Waals surface area contributed by atoms with Crippen LogP contribution in [0, 0.1) is 6.92 Å². The molecule has 0 amide bonds. The van der Waals surface area contributed by atoms with Crippen molar-refractivity contribution in [2.75, 3.05) is 0 Å². The van der Waals surface area contributed by atoms with Gasteiger partial charge in [-0.25, -0.2) is 13.1 Å². The van der Waals surface area contributed by atoms with Crippen LogP contribution >= 0.6 is 0 Å². The Balaban J connectivity index is 2.17. The molecule has 1 aromatic heterocycles. The molecule has 22 heavy (non-hydrogen) atoms. The lowest BCUT2D eigenvalue weighted by atomic mass is 10.2. The molecule has 112 valence electrons. The van der Waals surface area contributed by atoms with Crippen molar-refractivity contribution in [2.45, 2.75) is 18.7 Å². The van der Waals surface area contributed by atoms with E-state index in [1.54, 1.807) is 43.3 Å². The number of rotatable bonds is 3. The van der Waals surface area contributed by atoms with Crippen LogP contribution in [0.25, 0.3) is 16.1 Å². The maximum atomic E-state index is 12.9. The lowest BCUT2D eigenvalue weighted by Gasteiger charge is -2.09. The SMILES string of the molecule is C/C=C(/n1nnc2ccccc21)S(=O)(=O)c1ccc(C)cc1. The van der Waals surface area contributed by atoms with E-state index in [-0.39, 0.29) is 9.92 Å². The third-order valence-electron chi connectivity index (χ3n) is 3.41. The Hall–Kier alpha value is -2.47. The maximum absolute atomic E-state index is 12.9. The van der Waals surface area contributed by atoms with Crippen molar-refractivity contribution < 1.29 is 8.42 Å². The first-order valence-electron chi connectivity index (χ1n) is 6.83. The van der Waals surface area contributed by atoms with Crippen molar-refractivity contribution in [1.29, 1.82) is 0 Å². The molecule has 0 saturated heterocycles. The third-order valence-corrected chi connectivity index (χ3v) is 5.27. The summed E-state index contributed by atoms with van der Waals surface area (Å²) in [6.07, 6.45) is 1.54. The van der Waals surface area contributed by atoms with E-state index in [1.165, 1.54) is 10.8 Å². The molecule has 0 N–H and O–H groups in total. The molecule has 0 radical (unpaired) electrons. The molecule has 0 aliphatic carbocycles. The highest BCUT2D eigenvalue weighted by atomic mass is 32.2. The van der Waals surface area contributed by atoms with Gasteiger partial charge in [-0.05, 0) is 44.2 Å². The predicted octanol–water partition coefficient (Wildman–Crippen LogP) is 3.03. The molecule has 0 saturated carbocycles. The van der Waals surface area contributed by atoms with E-state index in [9.17, 15) is 8.42 Å². The summed E-state index contributed by atoms with van der Waals surface area (Å²) in [4.78, 5) is 0.241. The normalized spacial score (nSPS) is 12.7. The highest BCUT2D eigenvalue weighted by Crippen LogP contribution is 2.25. The number of aromatic nitrogens is 3. The first kappa shape index (κ1) is 14.5. The molecule has 0 unspecified atom stereocenters. The second kappa shape index (κ2) is 5.38. The molecular formula is C16H15N3O2S. The summed E-state index contributed by atoms with van der Waals surface area (Å²) in [7, 11) is -3.66. The molecule has 1 heterocycles. The second-order valence-electron chi connectivity index (χ2n) is 4.93. The van der Waals surface area contributed by atoms with Crippen LogP contribution in [0.2, 0.25) is 0 Å². The maximum Gasteiger partial charge on any atom is 0.223 e. The molecule has 0 fully saturated rings. The van der Waals surface area contributed by atoms with Crippen LogP contribution in [-0.2, 0) is 9.84 Å². The Morgan fingerprint density at radius 3 is 2.45 bits per heavy atom. The molecule has 2 aromatic carbocycles. The largest absolute Gasteiger partial charge is 0.223 e. The lowest BCUT2D eigenvalue weighted by molar-refractivity contribution is 0.602. The number of benzene rings is 2. The molecule has 0 aliphatic heterocycles. The number of para-hydroxylation sites is 1. The van der Waals surface area contributed by atoms with E-state index in [1.807, 2.05) is 19.1 Å². The molecule has 3 rings (SSSR count). The van der Waals surface area contributed by atoms with Gasteiger partial charge in [0.1, 0.15) is 5.52 Å². The smallest absolute Gasteiger partial charge is 0.217 e. The number of nitrogens with zero attached hydrogens (tertiary/aromatic N) is 3. The van der Waals surface area contributed by atoms with E-state index in [4.69, 9.17) is 0 Å². The van der Waals surface area contributed by atoms with Crippen LogP contribution in [0.3, 0.4) is 0 Å². The van der Waals surface area contributed by atoms with Crippen molar-refractivity contribution >= 4 is 25.9 Å². The van der Waals surface area contributed by atoms with Gasteiger partial charge >= 0.3 is 0 Å². The van der Waals surface area contributed by atoms with Gasteiger partial charge in [0, 0.05) is 0 Å². The molecule has 0 atom stereocenters. The Bertz CT molecular complexity index is 954. The lowest BCUT2D eigenvalue weighted by Crippen LogP contribution is -2.11. The number of hydrogen-bond donors (Lipinski definition) is 0. The second-order valence-corrected chi connectivity index (χ2v) is 6.83. The number of hydrogen-bond acceptors (Lipinski definition) is 4. The summed E-state index contributed by atoms with van der Waals surface area (Å²) < 4.78 is 27.1. The van der Waals surface area contributed by atoms with E-state index in [0.29, 0.717) is 11.0 Å². The van der Waals surface area contributed by atoms with Crippen molar-refractivity contribution in [3.8, 4) is 0 Å². The summed E-state index contributed by atoms with van der Waals surface area (Å²) >= 11 is 0. The minimum Gasteiger partial charge on any atom is -0.217 e. The van der Waals surface area contributed by atoms with Crippen LogP contribution in [0.4, 0.5) is 0 Å². The molecule has 3 aromatic rings. The van der Waals surface area contributed by atoms with Crippen molar-refractivity contribution in [1.82, 2.24) is 15.0 Å². The fourth-order valence-electron chi connectivity index (χ4n) is 2.26. The zero-order valence-electron chi connectivity index (χ0n) is 12.3. The first-order valence-corrected chi connectivity index (χ1v) is 8.31. The van der Waals surface area contributed by atoms with Gasteiger partial charge in [0.2, 0.25) is 9.84 Å². The van der Waals surface area contributed by atoms with Crippen LogP contribution in [0.15, 0.2) is 59.5 Å². The number of allylic oxidation sites excluding steroid dienone is 1. The average molecular weight is 313 g/mol. The van der Waals surface area contributed by atoms with Gasteiger partial charge in [-0.15, -0.1) is 5.10 Å². The minimum atomic E-state index is -3.66. The summed E-state index contributed by atoms with van der Waals surface area (Å²) in [6, 6.07) is 14.0. The van der Waals surface area contributed by atoms with E-state index in [2.05, 4.69) is 10.3 Å². The zero-order chi connectivity index (χ0) is 15.7. The highest BCUT2D eigenvalue weighted by Gasteiger charge is 2.24. The molecule has 0 aliphatic rings. The Morgan fingerprint density at radius 2 is 1.77 bits per heavy atom. The van der Waals surface area contributed by atoms with Crippen LogP contribution in [-0.4, -0.2) is 23.4 Å². The van der Waals surface area contributed by atoms with Crippen molar-refractivity contribution in [2.24, 2.45) is 0 Å². The summed E-state index contributed by atoms with van der Waals surface area (Å²) in [5, 5.41) is 8.11. The monoisotopic (exact) mass is 313 g/mol. The van der Waals surface area contributed by atoms with Crippen LogP contribution < -0.4 is 0 Å². The summed E-state index contributed by atoms with van der Waals surface area (Å²) in [5.74, 6) is 0. The minimum absolute atomic E-state index is 0.102. The van der Waals surface area contributed by atoms with E-state index < -0.39 is 9.84 Å². The number of aryl methyl sites for hydroxylation is 1. The molecule has 0 spiro atoms. The fraction of sp³-hybridized carbons (Fsp3) is 0.125. The van der Waals surface area contributed by atoms with E-state index in [0.717, 1.165) is 5.56 Å². The van der Waals surface area contributed by atoms with E-state index >= 15 is 0 Å². The zero-order valence-corrected chi connectivity index (χ0v) is 13.1. The summed E-state index contributed by atoms with van der Waals surface area (Å²) in [6.45, 7) is 3.59. The topological polar surface area (TPSA) is 64.8 Å². The predicted molar refractivity (Wildman–Crippen MR) is 85.8 cm³/mol. The molecule has 0 bridgehead atoms. The molecular weight excluding hydrogens is 298 g/mol. The van der Waals surface area contributed by atoms with Crippen LogP contribution in [0.1, 0.15) is 12.5 Å². The van der Waals surface area contributed by atoms with Gasteiger partial charge in [-0.3, -0.25) is 0 Å². The first-order chi connectivity index (χ1) is 10.5. The van der Waals surface area contributed by atoms with Crippen LogP contribution in [0.5, 0.6) is 0 Å². The quantitative estimate of drug-likeness (QED) is 0.745. The number of sulfone groups is 1.